The van der Waals surface area contributed by atoms with Crippen LogP contribution in [0.5, 0.6) is 0 Å². The van der Waals surface area contributed by atoms with Crippen molar-refractivity contribution >= 4 is 23.5 Å². The standard InChI is InChI=1S/C19H12F4N2O5/c1-17-5-8(16(28)29)18(2,30-17)12-11(17)14(26)25(15(12)27)9-4-3-7(6-24)10(13(9)20)19(21,22)23/h3-5,11-12H,1-2H3,(H,28,29)/t11-,12+,17-,18+/m0/s1. The number of hydrogen-bond donors (Lipinski definition) is 1. The molecule has 0 spiro atoms. The summed E-state index contributed by atoms with van der Waals surface area (Å²) in [4.78, 5) is 37.9. The maximum atomic E-state index is 14.8. The molecular weight excluding hydrogens is 412 g/mol. The third-order valence-corrected chi connectivity index (χ3v) is 5.91. The molecule has 2 saturated heterocycles. The lowest BCUT2D eigenvalue weighted by atomic mass is 9.69. The van der Waals surface area contributed by atoms with Crippen molar-refractivity contribution in [3.8, 4) is 6.07 Å². The summed E-state index contributed by atoms with van der Waals surface area (Å²) in [7, 11) is 0. The normalized spacial score (nSPS) is 32.3. The number of rotatable bonds is 2. The van der Waals surface area contributed by atoms with E-state index in [0.29, 0.717) is 11.0 Å². The number of aliphatic carboxylic acids is 1. The average molecular weight is 424 g/mol. The number of halogens is 4. The Balaban J connectivity index is 1.87. The number of amides is 2. The highest BCUT2D eigenvalue weighted by atomic mass is 19.4. The fourth-order valence-corrected chi connectivity index (χ4v) is 4.78. The molecule has 1 N–H and O–H groups in total. The smallest absolute Gasteiger partial charge is 0.420 e. The zero-order chi connectivity index (χ0) is 22.4. The van der Waals surface area contributed by atoms with Gasteiger partial charge in [-0.1, -0.05) is 0 Å². The Morgan fingerprint density at radius 1 is 1.23 bits per heavy atom. The second-order valence-corrected chi connectivity index (χ2v) is 7.65. The molecule has 11 heteroatoms. The minimum atomic E-state index is -5.25. The van der Waals surface area contributed by atoms with Crippen LogP contribution < -0.4 is 4.90 Å². The van der Waals surface area contributed by atoms with Gasteiger partial charge in [0.15, 0.2) is 5.82 Å². The van der Waals surface area contributed by atoms with Crippen LogP contribution in [0.1, 0.15) is 25.0 Å². The van der Waals surface area contributed by atoms with Crippen LogP contribution in [0.4, 0.5) is 23.2 Å². The quantitative estimate of drug-likeness (QED) is 0.577. The molecule has 3 aliphatic rings. The van der Waals surface area contributed by atoms with E-state index >= 15 is 0 Å². The highest BCUT2D eigenvalue weighted by molar-refractivity contribution is 6.24. The molecule has 0 radical (unpaired) electrons. The van der Waals surface area contributed by atoms with Gasteiger partial charge >= 0.3 is 12.1 Å². The Bertz CT molecular complexity index is 1120. The third kappa shape index (κ3) is 2.25. The van der Waals surface area contributed by atoms with E-state index in [0.717, 1.165) is 6.07 Å². The second-order valence-electron chi connectivity index (χ2n) is 7.65. The maximum Gasteiger partial charge on any atom is 0.420 e. The number of alkyl halides is 3. The highest BCUT2D eigenvalue weighted by Gasteiger charge is 2.74. The van der Waals surface area contributed by atoms with Gasteiger partial charge in [0.2, 0.25) is 11.8 Å². The van der Waals surface area contributed by atoms with Crippen LogP contribution in [0.2, 0.25) is 0 Å². The zero-order valence-electron chi connectivity index (χ0n) is 15.4. The van der Waals surface area contributed by atoms with Crippen LogP contribution in [0.25, 0.3) is 0 Å². The van der Waals surface area contributed by atoms with Crippen LogP contribution >= 0.6 is 0 Å². The molecule has 0 aliphatic carbocycles. The predicted octanol–water partition coefficient (Wildman–Crippen LogP) is 2.39. The molecule has 1 aromatic rings. The second kappa shape index (κ2) is 5.66. The highest BCUT2D eigenvalue weighted by Crippen LogP contribution is 2.60. The van der Waals surface area contributed by atoms with Gasteiger partial charge in [0.1, 0.15) is 11.2 Å². The Morgan fingerprint density at radius 2 is 1.83 bits per heavy atom. The number of fused-ring (bicyclic) bond motifs is 5. The van der Waals surface area contributed by atoms with E-state index in [1.54, 1.807) is 0 Å². The number of carboxylic acid groups (broad SMARTS) is 1. The first-order valence-electron chi connectivity index (χ1n) is 8.62. The first-order valence-corrected chi connectivity index (χ1v) is 8.62. The van der Waals surface area contributed by atoms with Gasteiger partial charge in [-0.2, -0.15) is 18.4 Å². The van der Waals surface area contributed by atoms with Gasteiger partial charge in [-0.25, -0.2) is 14.1 Å². The van der Waals surface area contributed by atoms with Gasteiger partial charge in [-0.05, 0) is 32.1 Å². The lowest BCUT2D eigenvalue weighted by molar-refractivity contribution is -0.141. The van der Waals surface area contributed by atoms with E-state index in [2.05, 4.69) is 0 Å². The lowest BCUT2D eigenvalue weighted by Gasteiger charge is -2.28. The largest absolute Gasteiger partial charge is 0.478 e. The van der Waals surface area contributed by atoms with Crippen molar-refractivity contribution in [2.45, 2.75) is 31.2 Å². The number of anilines is 1. The van der Waals surface area contributed by atoms with Crippen LogP contribution in [0.3, 0.4) is 0 Å². The van der Waals surface area contributed by atoms with Crippen LogP contribution in [0, 0.1) is 29.0 Å². The molecule has 2 bridgehead atoms. The molecule has 7 nitrogen and oxygen atoms in total. The van der Waals surface area contributed by atoms with Gasteiger partial charge in [0.05, 0.1) is 40.3 Å². The number of carbonyl (C=O) groups excluding carboxylic acids is 2. The van der Waals surface area contributed by atoms with Gasteiger partial charge in [-0.15, -0.1) is 0 Å². The molecule has 30 heavy (non-hydrogen) atoms. The third-order valence-electron chi connectivity index (χ3n) is 5.91. The van der Waals surface area contributed by atoms with E-state index in [-0.39, 0.29) is 5.57 Å². The Kier molecular flexibility index (Phi) is 3.78. The topological polar surface area (TPSA) is 108 Å². The molecule has 1 aromatic carbocycles. The van der Waals surface area contributed by atoms with E-state index in [9.17, 15) is 37.1 Å². The molecule has 156 valence electrons. The van der Waals surface area contributed by atoms with Gasteiger partial charge in [-0.3, -0.25) is 9.59 Å². The molecule has 2 fully saturated rings. The van der Waals surface area contributed by atoms with E-state index in [1.807, 2.05) is 0 Å². The summed E-state index contributed by atoms with van der Waals surface area (Å²) in [6, 6.07) is 2.66. The molecule has 4 atom stereocenters. The summed E-state index contributed by atoms with van der Waals surface area (Å²) in [5, 5.41) is 18.3. The summed E-state index contributed by atoms with van der Waals surface area (Å²) in [5.74, 6) is -7.97. The summed E-state index contributed by atoms with van der Waals surface area (Å²) < 4.78 is 60.5. The van der Waals surface area contributed by atoms with E-state index in [4.69, 9.17) is 10.00 Å². The van der Waals surface area contributed by atoms with Crippen molar-refractivity contribution in [3.05, 3.63) is 40.7 Å². The van der Waals surface area contributed by atoms with Crippen molar-refractivity contribution < 1.29 is 41.8 Å². The van der Waals surface area contributed by atoms with Crippen molar-refractivity contribution in [2.75, 3.05) is 4.90 Å². The summed E-state index contributed by atoms with van der Waals surface area (Å²) >= 11 is 0. The molecule has 0 unspecified atom stereocenters. The fraction of sp³-hybridized carbons (Fsp3) is 0.368. The number of imide groups is 1. The van der Waals surface area contributed by atoms with Gasteiger partial charge < -0.3 is 9.84 Å². The summed E-state index contributed by atoms with van der Waals surface area (Å²) in [5.41, 5.74) is -7.30. The monoisotopic (exact) mass is 424 g/mol. The summed E-state index contributed by atoms with van der Waals surface area (Å²) in [6.45, 7) is 2.69. The molecule has 0 saturated carbocycles. The minimum absolute atomic E-state index is 0.259. The average Bonchev–Trinajstić information content (AvgIpc) is 3.15. The molecule has 0 aromatic heterocycles. The Morgan fingerprint density at radius 3 is 2.37 bits per heavy atom. The maximum absolute atomic E-state index is 14.8. The number of benzene rings is 1. The number of hydrogen-bond acceptors (Lipinski definition) is 5. The van der Waals surface area contributed by atoms with Gasteiger partial charge in [0.25, 0.3) is 0 Å². The van der Waals surface area contributed by atoms with Crippen LogP contribution in [-0.2, 0) is 25.3 Å². The Hall–Kier alpha value is -3.26. The zero-order valence-corrected chi connectivity index (χ0v) is 15.4. The molecular formula is C19H12F4N2O5. The number of carbonyl (C=O) groups is 3. The molecule has 2 amide bonds. The first kappa shape index (κ1) is 20.0. The minimum Gasteiger partial charge on any atom is -0.478 e. The van der Waals surface area contributed by atoms with Gasteiger partial charge in [0, 0.05) is 0 Å². The lowest BCUT2D eigenvalue weighted by Crippen LogP contribution is -2.43. The number of ether oxygens (including phenoxy) is 1. The molecule has 3 heterocycles. The van der Waals surface area contributed by atoms with E-state index in [1.165, 1.54) is 26.0 Å². The molecule has 4 rings (SSSR count). The van der Waals surface area contributed by atoms with Crippen LogP contribution in [-0.4, -0.2) is 34.1 Å². The summed E-state index contributed by atoms with van der Waals surface area (Å²) in [6.07, 6.45) is -4.05. The number of nitrogens with zero attached hydrogens (tertiary/aromatic N) is 2. The van der Waals surface area contributed by atoms with Crippen molar-refractivity contribution in [2.24, 2.45) is 11.8 Å². The van der Waals surface area contributed by atoms with Crippen molar-refractivity contribution in [1.82, 2.24) is 0 Å². The van der Waals surface area contributed by atoms with E-state index < -0.39 is 69.6 Å². The fourth-order valence-electron chi connectivity index (χ4n) is 4.78. The van der Waals surface area contributed by atoms with Crippen LogP contribution in [0.15, 0.2) is 23.8 Å². The number of nitriles is 1. The van der Waals surface area contributed by atoms with Crippen molar-refractivity contribution in [1.29, 1.82) is 5.26 Å². The first-order chi connectivity index (χ1) is 13.8. The number of carboxylic acids is 1. The van der Waals surface area contributed by atoms with Crippen molar-refractivity contribution in [3.63, 3.8) is 0 Å². The SMILES string of the molecule is C[C@@]12C=C(C(=O)O)[C@@](C)(O1)[C@H]1C(=O)N(c3ccc(C#N)c(C(F)(F)F)c3F)C(=O)[C@H]12. The predicted molar refractivity (Wildman–Crippen MR) is 89.2 cm³/mol. The Labute approximate surface area is 166 Å². The molecule has 3 aliphatic heterocycles.